The van der Waals surface area contributed by atoms with Crippen LogP contribution in [0.3, 0.4) is 0 Å². The Bertz CT molecular complexity index is 1400. The van der Waals surface area contributed by atoms with Crippen molar-refractivity contribution in [3.05, 3.63) is 99.7 Å². The fourth-order valence-corrected chi connectivity index (χ4v) is 6.95. The summed E-state index contributed by atoms with van der Waals surface area (Å²) in [5.74, 6) is 0.842. The number of nitrogens with one attached hydrogen (secondary N) is 1. The fraction of sp³-hybridized carbons (Fsp3) is 0.300. The minimum atomic E-state index is -0.224. The number of nitrogens with zero attached hydrogens (tertiary/aromatic N) is 2. The van der Waals surface area contributed by atoms with Crippen molar-refractivity contribution in [2.75, 3.05) is 11.9 Å². The molecule has 0 radical (unpaired) electrons. The van der Waals surface area contributed by atoms with Crippen molar-refractivity contribution in [1.29, 1.82) is 0 Å². The van der Waals surface area contributed by atoms with Gasteiger partial charge in [-0.25, -0.2) is 4.79 Å². The molecule has 0 saturated carbocycles. The van der Waals surface area contributed by atoms with Crippen LogP contribution in [0.25, 0.3) is 5.00 Å². The highest BCUT2D eigenvalue weighted by Crippen LogP contribution is 2.44. The number of amides is 2. The first-order valence-electron chi connectivity index (χ1n) is 12.8. The summed E-state index contributed by atoms with van der Waals surface area (Å²) >= 11 is 1.91. The van der Waals surface area contributed by atoms with Gasteiger partial charge in [0.05, 0.1) is 24.9 Å². The number of hydrogen-bond acceptors (Lipinski definition) is 3. The predicted molar refractivity (Wildman–Crippen MR) is 145 cm³/mol. The van der Waals surface area contributed by atoms with Gasteiger partial charge >= 0.3 is 6.03 Å². The Morgan fingerprint density at radius 3 is 2.64 bits per heavy atom. The lowest BCUT2D eigenvalue weighted by atomic mass is 9.95. The Morgan fingerprint density at radius 2 is 1.83 bits per heavy atom. The van der Waals surface area contributed by atoms with Crippen LogP contribution < -0.4 is 10.1 Å². The smallest absolute Gasteiger partial charge is 0.322 e. The molecule has 2 aromatic heterocycles. The largest absolute Gasteiger partial charge is 0.494 e. The van der Waals surface area contributed by atoms with Gasteiger partial charge in [-0.1, -0.05) is 30.3 Å². The van der Waals surface area contributed by atoms with Crippen LogP contribution in [0.2, 0.25) is 0 Å². The summed E-state index contributed by atoms with van der Waals surface area (Å²) in [7, 11) is 0. The van der Waals surface area contributed by atoms with Crippen LogP contribution >= 0.6 is 11.3 Å². The molecule has 2 amide bonds. The third kappa shape index (κ3) is 3.99. The number of thiophene rings is 1. The number of para-hydroxylation sites is 1. The van der Waals surface area contributed by atoms with Crippen LogP contribution in [-0.4, -0.2) is 22.1 Å². The zero-order valence-electron chi connectivity index (χ0n) is 20.8. The molecule has 0 bridgehead atoms. The molecule has 0 spiro atoms. The van der Waals surface area contributed by atoms with Gasteiger partial charge in [-0.3, -0.25) is 0 Å². The van der Waals surface area contributed by atoms with E-state index in [1.807, 2.05) is 66.5 Å². The topological polar surface area (TPSA) is 46.5 Å². The molecule has 2 aliphatic rings. The lowest BCUT2D eigenvalue weighted by Gasteiger charge is -2.31. The number of urea groups is 1. The molecule has 1 aliphatic carbocycles. The number of carbonyl (C=O) groups excluding carboxylic acids is 1. The van der Waals surface area contributed by atoms with E-state index in [4.69, 9.17) is 4.74 Å². The van der Waals surface area contributed by atoms with E-state index in [0.29, 0.717) is 13.2 Å². The van der Waals surface area contributed by atoms with Gasteiger partial charge in [0.1, 0.15) is 10.8 Å². The second-order valence-electron chi connectivity index (χ2n) is 9.58. The number of aromatic nitrogens is 1. The van der Waals surface area contributed by atoms with Gasteiger partial charge in [0.15, 0.2) is 0 Å². The first-order valence-corrected chi connectivity index (χ1v) is 13.6. The van der Waals surface area contributed by atoms with Crippen molar-refractivity contribution in [2.24, 2.45) is 0 Å². The molecule has 36 heavy (non-hydrogen) atoms. The second-order valence-corrected chi connectivity index (χ2v) is 10.7. The number of carbonyl (C=O) groups is 1. The molecular weight excluding hydrogens is 466 g/mol. The van der Waals surface area contributed by atoms with E-state index in [-0.39, 0.29) is 12.1 Å². The Balaban J connectivity index is 1.48. The third-order valence-electron chi connectivity index (χ3n) is 7.33. The van der Waals surface area contributed by atoms with Crippen LogP contribution in [0.15, 0.2) is 66.9 Å². The van der Waals surface area contributed by atoms with E-state index < -0.39 is 0 Å². The maximum absolute atomic E-state index is 14.0. The van der Waals surface area contributed by atoms with Gasteiger partial charge in [-0.15, -0.1) is 11.3 Å². The zero-order valence-corrected chi connectivity index (χ0v) is 21.6. The van der Waals surface area contributed by atoms with Gasteiger partial charge in [-0.2, -0.15) is 0 Å². The molecular formula is C30H31N3O2S. The number of aryl methyl sites for hydroxylation is 2. The second kappa shape index (κ2) is 9.51. The van der Waals surface area contributed by atoms with Gasteiger partial charge in [0.2, 0.25) is 0 Å². The van der Waals surface area contributed by atoms with E-state index in [9.17, 15) is 4.79 Å². The molecule has 2 aromatic carbocycles. The Hall–Kier alpha value is -3.51. The minimum absolute atomic E-state index is 0.0838. The molecule has 184 valence electrons. The van der Waals surface area contributed by atoms with E-state index >= 15 is 0 Å². The number of anilines is 1. The molecule has 6 heteroatoms. The molecule has 3 heterocycles. The molecule has 0 saturated heterocycles. The third-order valence-corrected chi connectivity index (χ3v) is 8.67. The molecule has 1 atom stereocenters. The van der Waals surface area contributed by atoms with Crippen molar-refractivity contribution in [3.63, 3.8) is 0 Å². The van der Waals surface area contributed by atoms with E-state index in [1.165, 1.54) is 33.8 Å². The first-order chi connectivity index (χ1) is 17.6. The van der Waals surface area contributed by atoms with E-state index in [1.54, 1.807) is 0 Å². The molecule has 5 nitrogen and oxygen atoms in total. The summed E-state index contributed by atoms with van der Waals surface area (Å²) in [5, 5.41) is 4.49. The zero-order chi connectivity index (χ0) is 24.6. The molecule has 1 aliphatic heterocycles. The lowest BCUT2D eigenvalue weighted by molar-refractivity contribution is 0.194. The standard InChI is InChI=1S/C30H31N3O2S/c1-3-35-22-16-14-21(15-17-22)28-26-12-8-18-32(26)29-24(23-10-5-7-13-27(23)36-29)19-33(28)30(34)31-25-11-6-4-9-20(25)2/h4,6,8-9,11-12,14-18,28H,3,5,7,10,13,19H2,1-2H3,(H,31,34). The highest BCUT2D eigenvalue weighted by atomic mass is 32.1. The molecule has 6 rings (SSSR count). The monoisotopic (exact) mass is 497 g/mol. The summed E-state index contributed by atoms with van der Waals surface area (Å²) < 4.78 is 8.02. The lowest BCUT2D eigenvalue weighted by Crippen LogP contribution is -2.38. The van der Waals surface area contributed by atoms with Crippen molar-refractivity contribution < 1.29 is 9.53 Å². The SMILES string of the molecule is CCOc1ccc(C2c3cccn3-c3sc4c(c3CN2C(=O)Nc2ccccc2C)CCCC4)cc1. The van der Waals surface area contributed by atoms with Gasteiger partial charge in [-0.05, 0) is 86.6 Å². The fourth-order valence-electron chi connectivity index (χ4n) is 5.55. The Labute approximate surface area is 216 Å². The molecule has 0 fully saturated rings. The van der Waals surface area contributed by atoms with Crippen molar-refractivity contribution >= 4 is 23.1 Å². The Kier molecular flexibility index (Phi) is 6.05. The van der Waals surface area contributed by atoms with E-state index in [2.05, 4.69) is 40.3 Å². The average molecular weight is 498 g/mol. The summed E-state index contributed by atoms with van der Waals surface area (Å²) in [6, 6.07) is 20.1. The summed E-state index contributed by atoms with van der Waals surface area (Å²) in [5.41, 5.74) is 6.84. The van der Waals surface area contributed by atoms with Crippen molar-refractivity contribution in [2.45, 2.75) is 52.1 Å². The van der Waals surface area contributed by atoms with Crippen LogP contribution in [0.5, 0.6) is 5.75 Å². The van der Waals surface area contributed by atoms with Crippen molar-refractivity contribution in [3.8, 4) is 10.8 Å². The molecule has 1 unspecified atom stereocenters. The molecule has 1 N–H and O–H groups in total. The van der Waals surface area contributed by atoms with Gasteiger partial charge in [0, 0.05) is 22.3 Å². The average Bonchev–Trinajstić information content (AvgIpc) is 3.48. The molecule has 4 aromatic rings. The summed E-state index contributed by atoms with van der Waals surface area (Å²) in [6.07, 6.45) is 6.85. The highest BCUT2D eigenvalue weighted by Gasteiger charge is 2.36. The number of hydrogen-bond donors (Lipinski definition) is 1. The van der Waals surface area contributed by atoms with Gasteiger partial charge in [0.25, 0.3) is 0 Å². The Morgan fingerprint density at radius 1 is 1.03 bits per heavy atom. The number of ether oxygens (including phenoxy) is 1. The van der Waals surface area contributed by atoms with Crippen LogP contribution in [-0.2, 0) is 19.4 Å². The number of rotatable bonds is 4. The summed E-state index contributed by atoms with van der Waals surface area (Å²) in [4.78, 5) is 17.5. The number of benzene rings is 2. The normalized spacial score (nSPS) is 16.5. The quantitative estimate of drug-likeness (QED) is 0.322. The van der Waals surface area contributed by atoms with Gasteiger partial charge < -0.3 is 19.5 Å². The minimum Gasteiger partial charge on any atom is -0.494 e. The predicted octanol–water partition coefficient (Wildman–Crippen LogP) is 7.26. The van der Waals surface area contributed by atoms with Crippen LogP contribution in [0.4, 0.5) is 10.5 Å². The van der Waals surface area contributed by atoms with Crippen LogP contribution in [0.1, 0.15) is 58.6 Å². The highest BCUT2D eigenvalue weighted by molar-refractivity contribution is 7.15. The maximum atomic E-state index is 14.0. The maximum Gasteiger partial charge on any atom is 0.322 e. The number of fused-ring (bicyclic) bond motifs is 5. The van der Waals surface area contributed by atoms with Crippen LogP contribution in [0, 0.1) is 6.92 Å². The van der Waals surface area contributed by atoms with E-state index in [0.717, 1.165) is 41.1 Å². The first kappa shape index (κ1) is 22.9. The van der Waals surface area contributed by atoms with Crippen molar-refractivity contribution in [1.82, 2.24) is 9.47 Å². The summed E-state index contributed by atoms with van der Waals surface area (Å²) in [6.45, 7) is 5.23.